The van der Waals surface area contributed by atoms with Gasteiger partial charge >= 0.3 is 6.03 Å². The molecule has 0 saturated carbocycles. The second kappa shape index (κ2) is 10.9. The number of urea groups is 1. The number of carbonyl (C=O) groups excluding carboxylic acids is 2. The SMILES string of the molecule is CCCCNC(=O)N1C[C@H](C(=O)NCc2ccccc2)CC[C@@H]1c1ccc(F)c(C)c1. The van der Waals surface area contributed by atoms with Crippen LogP contribution < -0.4 is 10.6 Å². The average molecular weight is 426 g/mol. The molecule has 166 valence electrons. The lowest BCUT2D eigenvalue weighted by molar-refractivity contribution is -0.126. The van der Waals surface area contributed by atoms with Crippen molar-refractivity contribution in [1.82, 2.24) is 15.5 Å². The fraction of sp³-hybridized carbons (Fsp3) is 0.440. The molecule has 3 amide bonds. The van der Waals surface area contributed by atoms with Crippen LogP contribution in [-0.4, -0.2) is 29.9 Å². The van der Waals surface area contributed by atoms with Gasteiger partial charge in [-0.05, 0) is 48.9 Å². The first kappa shape index (κ1) is 22.8. The van der Waals surface area contributed by atoms with Gasteiger partial charge in [-0.3, -0.25) is 4.79 Å². The smallest absolute Gasteiger partial charge is 0.317 e. The Morgan fingerprint density at radius 3 is 2.58 bits per heavy atom. The molecule has 1 heterocycles. The molecule has 31 heavy (non-hydrogen) atoms. The van der Waals surface area contributed by atoms with Crippen LogP contribution in [0.25, 0.3) is 0 Å². The molecule has 2 N–H and O–H groups in total. The molecule has 2 aromatic carbocycles. The number of hydrogen-bond acceptors (Lipinski definition) is 2. The summed E-state index contributed by atoms with van der Waals surface area (Å²) in [6.07, 6.45) is 3.24. The van der Waals surface area contributed by atoms with Crippen molar-refractivity contribution in [3.8, 4) is 0 Å². The fourth-order valence-corrected chi connectivity index (χ4v) is 4.03. The van der Waals surface area contributed by atoms with Crippen molar-refractivity contribution >= 4 is 11.9 Å². The van der Waals surface area contributed by atoms with Crippen molar-refractivity contribution in [1.29, 1.82) is 0 Å². The second-order valence-corrected chi connectivity index (χ2v) is 8.24. The van der Waals surface area contributed by atoms with Crippen LogP contribution in [0.4, 0.5) is 9.18 Å². The number of carbonyl (C=O) groups is 2. The Hall–Kier alpha value is -2.89. The Kier molecular flexibility index (Phi) is 8.04. The summed E-state index contributed by atoms with van der Waals surface area (Å²) in [4.78, 5) is 27.5. The number of nitrogens with zero attached hydrogens (tertiary/aromatic N) is 1. The standard InChI is InChI=1S/C25H32FN3O2/c1-3-4-14-27-25(31)29-17-21(24(30)28-16-19-8-6-5-7-9-19)11-13-23(29)20-10-12-22(26)18(2)15-20/h5-10,12,15,21,23H,3-4,11,13-14,16-17H2,1-2H3,(H,27,31)(H,28,30)/t21-,23-/m1/s1. The molecule has 1 fully saturated rings. The van der Waals surface area contributed by atoms with Gasteiger partial charge < -0.3 is 15.5 Å². The number of benzene rings is 2. The van der Waals surface area contributed by atoms with Gasteiger partial charge in [-0.25, -0.2) is 9.18 Å². The number of aryl methyl sites for hydroxylation is 1. The first-order valence-corrected chi connectivity index (χ1v) is 11.1. The topological polar surface area (TPSA) is 61.4 Å². The third-order valence-corrected chi connectivity index (χ3v) is 5.90. The summed E-state index contributed by atoms with van der Waals surface area (Å²) in [6, 6.07) is 14.5. The van der Waals surface area contributed by atoms with Gasteiger partial charge in [0.25, 0.3) is 0 Å². The summed E-state index contributed by atoms with van der Waals surface area (Å²) < 4.78 is 13.8. The fourth-order valence-electron chi connectivity index (χ4n) is 4.03. The number of likely N-dealkylation sites (tertiary alicyclic amines) is 1. The van der Waals surface area contributed by atoms with E-state index in [0.29, 0.717) is 38.0 Å². The van der Waals surface area contributed by atoms with Gasteiger partial charge in [-0.1, -0.05) is 55.8 Å². The van der Waals surface area contributed by atoms with Crippen LogP contribution in [0.5, 0.6) is 0 Å². The van der Waals surface area contributed by atoms with Crippen molar-refractivity contribution in [3.63, 3.8) is 0 Å². The summed E-state index contributed by atoms with van der Waals surface area (Å²) in [7, 11) is 0. The molecule has 1 saturated heterocycles. The highest BCUT2D eigenvalue weighted by Gasteiger charge is 2.35. The first-order chi connectivity index (χ1) is 15.0. The van der Waals surface area contributed by atoms with Crippen LogP contribution in [0.1, 0.15) is 55.3 Å². The van der Waals surface area contributed by atoms with Crippen LogP contribution in [-0.2, 0) is 11.3 Å². The quantitative estimate of drug-likeness (QED) is 0.631. The minimum atomic E-state index is -0.265. The van der Waals surface area contributed by atoms with E-state index in [1.807, 2.05) is 36.4 Å². The summed E-state index contributed by atoms with van der Waals surface area (Å²) in [5.74, 6) is -0.556. The van der Waals surface area contributed by atoms with Gasteiger partial charge in [-0.2, -0.15) is 0 Å². The predicted octanol–water partition coefficient (Wildman–Crippen LogP) is 4.71. The largest absolute Gasteiger partial charge is 0.352 e. The zero-order chi connectivity index (χ0) is 22.2. The summed E-state index contributed by atoms with van der Waals surface area (Å²) >= 11 is 0. The predicted molar refractivity (Wildman–Crippen MR) is 120 cm³/mol. The van der Waals surface area contributed by atoms with E-state index in [2.05, 4.69) is 17.6 Å². The second-order valence-electron chi connectivity index (χ2n) is 8.24. The Morgan fingerprint density at radius 2 is 1.87 bits per heavy atom. The van der Waals surface area contributed by atoms with Crippen molar-refractivity contribution < 1.29 is 14.0 Å². The van der Waals surface area contributed by atoms with Gasteiger partial charge in [0.05, 0.1) is 12.0 Å². The van der Waals surface area contributed by atoms with Gasteiger partial charge in [0.2, 0.25) is 5.91 Å². The number of nitrogens with one attached hydrogen (secondary N) is 2. The average Bonchev–Trinajstić information content (AvgIpc) is 2.79. The van der Waals surface area contributed by atoms with E-state index < -0.39 is 0 Å². The normalized spacial score (nSPS) is 18.5. The molecule has 2 atom stereocenters. The van der Waals surface area contributed by atoms with E-state index in [4.69, 9.17) is 0 Å². The summed E-state index contributed by atoms with van der Waals surface area (Å²) in [5, 5.41) is 5.98. The molecule has 5 nitrogen and oxygen atoms in total. The van der Waals surface area contributed by atoms with Gasteiger partial charge in [0.15, 0.2) is 0 Å². The molecule has 1 aliphatic rings. The van der Waals surface area contributed by atoms with E-state index in [1.54, 1.807) is 17.9 Å². The molecule has 3 rings (SSSR count). The van der Waals surface area contributed by atoms with Crippen molar-refractivity contribution in [2.45, 2.75) is 52.1 Å². The number of unbranched alkanes of at least 4 members (excludes halogenated alkanes) is 1. The minimum Gasteiger partial charge on any atom is -0.352 e. The molecule has 0 bridgehead atoms. The summed E-state index contributed by atoms with van der Waals surface area (Å²) in [5.41, 5.74) is 2.51. The van der Waals surface area contributed by atoms with Gasteiger partial charge in [0, 0.05) is 19.6 Å². The third-order valence-electron chi connectivity index (χ3n) is 5.90. The molecule has 0 aromatic heterocycles. The van der Waals surface area contributed by atoms with Crippen LogP contribution in [0.15, 0.2) is 48.5 Å². The third kappa shape index (κ3) is 6.06. The van der Waals surface area contributed by atoms with E-state index in [9.17, 15) is 14.0 Å². The lowest BCUT2D eigenvalue weighted by Gasteiger charge is -2.39. The molecule has 0 aliphatic carbocycles. The van der Waals surface area contributed by atoms with E-state index in [1.165, 1.54) is 6.07 Å². The summed E-state index contributed by atoms with van der Waals surface area (Å²) in [6.45, 7) is 5.22. The Labute approximate surface area is 184 Å². The molecule has 1 aliphatic heterocycles. The van der Waals surface area contributed by atoms with Crippen LogP contribution in [0.3, 0.4) is 0 Å². The van der Waals surface area contributed by atoms with Crippen molar-refractivity contribution in [3.05, 3.63) is 71.0 Å². The first-order valence-electron chi connectivity index (χ1n) is 11.1. The molecular formula is C25H32FN3O2. The molecule has 0 unspecified atom stereocenters. The maximum absolute atomic E-state index is 13.8. The zero-order valence-electron chi connectivity index (χ0n) is 18.4. The molecule has 6 heteroatoms. The van der Waals surface area contributed by atoms with Crippen molar-refractivity contribution in [2.24, 2.45) is 5.92 Å². The van der Waals surface area contributed by atoms with E-state index >= 15 is 0 Å². The lowest BCUT2D eigenvalue weighted by Crippen LogP contribution is -2.50. The molecule has 0 radical (unpaired) electrons. The zero-order valence-corrected chi connectivity index (χ0v) is 18.4. The van der Waals surface area contributed by atoms with E-state index in [-0.39, 0.29) is 29.7 Å². The van der Waals surface area contributed by atoms with Gasteiger partial charge in [0.1, 0.15) is 5.82 Å². The number of halogens is 1. The van der Waals surface area contributed by atoms with Crippen LogP contribution in [0, 0.1) is 18.7 Å². The minimum absolute atomic E-state index is 0.0380. The number of rotatable bonds is 7. The Morgan fingerprint density at radius 1 is 1.10 bits per heavy atom. The van der Waals surface area contributed by atoms with Crippen LogP contribution in [0.2, 0.25) is 0 Å². The van der Waals surface area contributed by atoms with Crippen molar-refractivity contribution in [2.75, 3.05) is 13.1 Å². The highest BCUT2D eigenvalue weighted by atomic mass is 19.1. The maximum Gasteiger partial charge on any atom is 0.317 e. The van der Waals surface area contributed by atoms with E-state index in [0.717, 1.165) is 24.0 Å². The molecular weight excluding hydrogens is 393 g/mol. The van der Waals surface area contributed by atoms with Gasteiger partial charge in [-0.15, -0.1) is 0 Å². The molecule has 2 aromatic rings. The lowest BCUT2D eigenvalue weighted by atomic mass is 9.88. The number of amides is 3. The van der Waals surface area contributed by atoms with Crippen LogP contribution >= 0.6 is 0 Å². The highest BCUT2D eigenvalue weighted by molar-refractivity contribution is 5.81. The Bertz CT molecular complexity index is 888. The number of piperidine rings is 1. The molecule has 0 spiro atoms. The monoisotopic (exact) mass is 425 g/mol. The number of hydrogen-bond donors (Lipinski definition) is 2. The highest BCUT2D eigenvalue weighted by Crippen LogP contribution is 2.34. The Balaban J connectivity index is 1.71. The maximum atomic E-state index is 13.8.